The van der Waals surface area contributed by atoms with Crippen molar-refractivity contribution in [3.05, 3.63) is 64.2 Å². The van der Waals surface area contributed by atoms with Gasteiger partial charge in [-0.05, 0) is 68.1 Å². The highest BCUT2D eigenvalue weighted by Gasteiger charge is 2.16. The van der Waals surface area contributed by atoms with E-state index in [0.717, 1.165) is 34.4 Å². The molecule has 0 saturated carbocycles. The predicted octanol–water partition coefficient (Wildman–Crippen LogP) is 3.15. The lowest BCUT2D eigenvalue weighted by Crippen LogP contribution is -2.35. The Bertz CT molecular complexity index is 954. The standard InChI is InChI=1S/C22H23N3O2/c1-14-4-5-15(2)20(12-14)25-22(27)24-16(3)6-7-17-8-9-19-18(13-17)10-11-23-21(19)26/h4-5,8-9,12-13,16H,10-11H2,1-3H3,(H,23,26)(H2,24,25,27). The summed E-state index contributed by atoms with van der Waals surface area (Å²) in [5.74, 6) is 6.08. The highest BCUT2D eigenvalue weighted by Crippen LogP contribution is 2.16. The van der Waals surface area contributed by atoms with E-state index in [2.05, 4.69) is 27.8 Å². The fourth-order valence-electron chi connectivity index (χ4n) is 2.96. The smallest absolute Gasteiger partial charge is 0.320 e. The van der Waals surface area contributed by atoms with Gasteiger partial charge < -0.3 is 16.0 Å². The monoisotopic (exact) mass is 361 g/mol. The van der Waals surface area contributed by atoms with Crippen LogP contribution in [-0.4, -0.2) is 24.5 Å². The molecule has 1 aliphatic heterocycles. The van der Waals surface area contributed by atoms with Gasteiger partial charge in [0.15, 0.2) is 0 Å². The highest BCUT2D eigenvalue weighted by molar-refractivity contribution is 5.96. The van der Waals surface area contributed by atoms with Crippen molar-refractivity contribution in [1.29, 1.82) is 0 Å². The van der Waals surface area contributed by atoms with Crippen molar-refractivity contribution in [3.8, 4) is 11.8 Å². The molecule has 1 aliphatic rings. The molecule has 1 unspecified atom stereocenters. The Hall–Kier alpha value is -3.26. The average Bonchev–Trinajstić information content (AvgIpc) is 2.63. The van der Waals surface area contributed by atoms with Crippen molar-refractivity contribution in [3.63, 3.8) is 0 Å². The van der Waals surface area contributed by atoms with Crippen LogP contribution in [0.3, 0.4) is 0 Å². The first-order chi connectivity index (χ1) is 12.9. The van der Waals surface area contributed by atoms with Crippen LogP contribution in [0.1, 0.15) is 39.5 Å². The summed E-state index contributed by atoms with van der Waals surface area (Å²) in [6.45, 7) is 6.42. The van der Waals surface area contributed by atoms with E-state index in [0.29, 0.717) is 12.1 Å². The molecule has 27 heavy (non-hydrogen) atoms. The minimum Gasteiger partial charge on any atom is -0.352 e. The van der Waals surface area contributed by atoms with Gasteiger partial charge in [0.25, 0.3) is 5.91 Å². The Kier molecular flexibility index (Phi) is 5.46. The molecule has 0 bridgehead atoms. The molecule has 0 fully saturated rings. The third kappa shape index (κ3) is 4.68. The molecule has 0 spiro atoms. The van der Waals surface area contributed by atoms with E-state index in [1.54, 1.807) is 6.07 Å². The Morgan fingerprint density at radius 3 is 2.81 bits per heavy atom. The van der Waals surface area contributed by atoms with Gasteiger partial charge in [-0.25, -0.2) is 4.79 Å². The van der Waals surface area contributed by atoms with E-state index < -0.39 is 0 Å². The molecule has 3 N–H and O–H groups in total. The van der Waals surface area contributed by atoms with Crippen LogP contribution in [0.2, 0.25) is 0 Å². The van der Waals surface area contributed by atoms with Crippen LogP contribution in [0.4, 0.5) is 10.5 Å². The summed E-state index contributed by atoms with van der Waals surface area (Å²) in [5.41, 5.74) is 5.45. The molecule has 5 nitrogen and oxygen atoms in total. The normalized spacial score (nSPS) is 13.5. The zero-order valence-electron chi connectivity index (χ0n) is 15.8. The number of carbonyl (C=O) groups is 2. The highest BCUT2D eigenvalue weighted by atomic mass is 16.2. The SMILES string of the molecule is Cc1ccc(C)c(NC(=O)NC(C)C#Cc2ccc3c(c2)CCNC3=O)c1. The van der Waals surface area contributed by atoms with E-state index in [1.165, 1.54) is 0 Å². The Morgan fingerprint density at radius 1 is 1.19 bits per heavy atom. The fraction of sp³-hybridized carbons (Fsp3) is 0.273. The first kappa shape index (κ1) is 18.5. The fourth-order valence-corrected chi connectivity index (χ4v) is 2.96. The van der Waals surface area contributed by atoms with Gasteiger partial charge >= 0.3 is 6.03 Å². The zero-order chi connectivity index (χ0) is 19.4. The number of benzene rings is 2. The van der Waals surface area contributed by atoms with Gasteiger partial charge in [0.2, 0.25) is 0 Å². The van der Waals surface area contributed by atoms with Gasteiger partial charge in [0.1, 0.15) is 0 Å². The third-order valence-electron chi connectivity index (χ3n) is 4.45. The quantitative estimate of drug-likeness (QED) is 0.719. The third-order valence-corrected chi connectivity index (χ3v) is 4.45. The second kappa shape index (κ2) is 7.96. The summed E-state index contributed by atoms with van der Waals surface area (Å²) < 4.78 is 0. The van der Waals surface area contributed by atoms with Gasteiger partial charge in [-0.15, -0.1) is 0 Å². The number of aryl methyl sites for hydroxylation is 2. The summed E-state index contributed by atoms with van der Waals surface area (Å²) >= 11 is 0. The van der Waals surface area contributed by atoms with Gasteiger partial charge in [0, 0.05) is 23.4 Å². The maximum absolute atomic E-state index is 12.2. The molecule has 0 saturated heterocycles. The van der Waals surface area contributed by atoms with Crippen LogP contribution in [0.25, 0.3) is 0 Å². The van der Waals surface area contributed by atoms with Gasteiger partial charge in [-0.3, -0.25) is 4.79 Å². The molecule has 3 amide bonds. The van der Waals surface area contributed by atoms with Crippen LogP contribution < -0.4 is 16.0 Å². The second-order valence-corrected chi connectivity index (χ2v) is 6.79. The zero-order valence-corrected chi connectivity index (χ0v) is 15.8. The number of hydrogen-bond acceptors (Lipinski definition) is 2. The number of rotatable bonds is 2. The number of urea groups is 1. The number of nitrogens with one attached hydrogen (secondary N) is 3. The minimum atomic E-state index is -0.311. The second-order valence-electron chi connectivity index (χ2n) is 6.79. The van der Waals surface area contributed by atoms with E-state index in [1.807, 2.05) is 51.1 Å². The van der Waals surface area contributed by atoms with Gasteiger partial charge in [-0.2, -0.15) is 0 Å². The summed E-state index contributed by atoms with van der Waals surface area (Å²) in [5, 5.41) is 8.52. The number of hydrogen-bond donors (Lipinski definition) is 3. The largest absolute Gasteiger partial charge is 0.352 e. The number of carbonyl (C=O) groups excluding carboxylic acids is 2. The van der Waals surface area contributed by atoms with Crippen molar-refractivity contribution >= 4 is 17.6 Å². The van der Waals surface area contributed by atoms with E-state index in [-0.39, 0.29) is 18.0 Å². The van der Waals surface area contributed by atoms with Crippen molar-refractivity contribution in [2.45, 2.75) is 33.2 Å². The maximum atomic E-state index is 12.2. The lowest BCUT2D eigenvalue weighted by atomic mass is 9.98. The van der Waals surface area contributed by atoms with E-state index in [4.69, 9.17) is 0 Å². The molecule has 138 valence electrons. The molecule has 3 rings (SSSR count). The molecule has 2 aromatic carbocycles. The van der Waals surface area contributed by atoms with Crippen LogP contribution in [-0.2, 0) is 6.42 Å². The summed E-state index contributed by atoms with van der Waals surface area (Å²) in [6.07, 6.45) is 0.808. The van der Waals surface area contributed by atoms with Crippen LogP contribution in [0.15, 0.2) is 36.4 Å². The molecular formula is C22H23N3O2. The molecule has 0 aromatic heterocycles. The summed E-state index contributed by atoms with van der Waals surface area (Å²) in [4.78, 5) is 24.0. The lowest BCUT2D eigenvalue weighted by Gasteiger charge is -2.16. The van der Waals surface area contributed by atoms with E-state index >= 15 is 0 Å². The minimum absolute atomic E-state index is 0.0334. The predicted molar refractivity (Wildman–Crippen MR) is 107 cm³/mol. The Labute approximate surface area is 159 Å². The molecule has 0 aliphatic carbocycles. The number of anilines is 1. The Balaban J connectivity index is 1.63. The van der Waals surface area contributed by atoms with E-state index in [9.17, 15) is 9.59 Å². The van der Waals surface area contributed by atoms with Crippen molar-refractivity contribution in [2.24, 2.45) is 0 Å². The average molecular weight is 361 g/mol. The number of fused-ring (bicyclic) bond motifs is 1. The van der Waals surface area contributed by atoms with Crippen molar-refractivity contribution in [1.82, 2.24) is 10.6 Å². The molecule has 2 aromatic rings. The van der Waals surface area contributed by atoms with Crippen molar-refractivity contribution in [2.75, 3.05) is 11.9 Å². The van der Waals surface area contributed by atoms with Crippen LogP contribution in [0, 0.1) is 25.7 Å². The topological polar surface area (TPSA) is 70.2 Å². The molecule has 1 atom stereocenters. The van der Waals surface area contributed by atoms with Crippen LogP contribution in [0.5, 0.6) is 0 Å². The summed E-state index contributed by atoms with van der Waals surface area (Å²) in [6, 6.07) is 10.9. The number of amides is 3. The van der Waals surface area contributed by atoms with Gasteiger partial charge in [-0.1, -0.05) is 24.0 Å². The Morgan fingerprint density at radius 2 is 2.00 bits per heavy atom. The molecule has 5 heteroatoms. The van der Waals surface area contributed by atoms with Crippen LogP contribution >= 0.6 is 0 Å². The maximum Gasteiger partial charge on any atom is 0.320 e. The molecule has 1 heterocycles. The van der Waals surface area contributed by atoms with Crippen molar-refractivity contribution < 1.29 is 9.59 Å². The first-order valence-electron chi connectivity index (χ1n) is 9.00. The molecular weight excluding hydrogens is 338 g/mol. The first-order valence-corrected chi connectivity index (χ1v) is 9.00. The summed E-state index contributed by atoms with van der Waals surface area (Å²) in [7, 11) is 0. The molecule has 0 radical (unpaired) electrons. The van der Waals surface area contributed by atoms with Gasteiger partial charge in [0.05, 0.1) is 6.04 Å². The lowest BCUT2D eigenvalue weighted by molar-refractivity contribution is 0.0946.